The molecule has 0 bridgehead atoms. The second-order valence-corrected chi connectivity index (χ2v) is 6.18. The van der Waals surface area contributed by atoms with Gasteiger partial charge in [0.05, 0.1) is 0 Å². The summed E-state index contributed by atoms with van der Waals surface area (Å²) in [5.74, 6) is 0.432. The molecule has 1 aromatic carbocycles. The molecular weight excluding hydrogens is 314 g/mol. The highest BCUT2D eigenvalue weighted by Crippen LogP contribution is 2.27. The number of carboxylic acids is 1. The van der Waals surface area contributed by atoms with Gasteiger partial charge in [0.1, 0.15) is 11.9 Å². The molecule has 1 aromatic heterocycles. The van der Waals surface area contributed by atoms with Crippen LogP contribution in [0.25, 0.3) is 11.4 Å². The van der Waals surface area contributed by atoms with E-state index in [4.69, 9.17) is 11.6 Å². The van der Waals surface area contributed by atoms with Crippen LogP contribution in [0.1, 0.15) is 25.0 Å². The fourth-order valence-electron chi connectivity index (χ4n) is 2.92. The van der Waals surface area contributed by atoms with E-state index in [-0.39, 0.29) is 0 Å². The van der Waals surface area contributed by atoms with E-state index in [0.29, 0.717) is 29.6 Å². The molecule has 6 heteroatoms. The first-order valence-electron chi connectivity index (χ1n) is 7.65. The Labute approximate surface area is 139 Å². The van der Waals surface area contributed by atoms with Crippen LogP contribution in [-0.2, 0) is 4.79 Å². The molecule has 0 spiro atoms. The molecule has 1 aliphatic heterocycles. The zero-order valence-electron chi connectivity index (χ0n) is 12.9. The average Bonchev–Trinajstić information content (AvgIpc) is 2.54. The Morgan fingerprint density at radius 2 is 2.13 bits per heavy atom. The van der Waals surface area contributed by atoms with Crippen molar-refractivity contribution in [2.24, 2.45) is 0 Å². The zero-order chi connectivity index (χ0) is 16.4. The van der Waals surface area contributed by atoms with E-state index in [0.717, 1.165) is 24.1 Å². The van der Waals surface area contributed by atoms with Crippen molar-refractivity contribution in [2.45, 2.75) is 32.2 Å². The maximum absolute atomic E-state index is 11.5. The van der Waals surface area contributed by atoms with Gasteiger partial charge in [0.2, 0.25) is 0 Å². The van der Waals surface area contributed by atoms with E-state index in [9.17, 15) is 9.90 Å². The molecule has 120 valence electrons. The maximum Gasteiger partial charge on any atom is 0.326 e. The third kappa shape index (κ3) is 3.45. The van der Waals surface area contributed by atoms with Crippen LogP contribution >= 0.6 is 11.6 Å². The highest BCUT2D eigenvalue weighted by Gasteiger charge is 2.29. The molecule has 0 saturated carbocycles. The molecule has 1 aliphatic rings. The molecule has 23 heavy (non-hydrogen) atoms. The number of anilines is 1. The summed E-state index contributed by atoms with van der Waals surface area (Å²) in [5, 5.41) is 10.1. The number of nitrogens with zero attached hydrogens (tertiary/aromatic N) is 3. The minimum Gasteiger partial charge on any atom is -0.480 e. The molecule has 2 aromatic rings. The van der Waals surface area contributed by atoms with Crippen LogP contribution in [-0.4, -0.2) is 33.6 Å². The minimum absolute atomic E-state index is 0.523. The molecule has 3 rings (SSSR count). The highest BCUT2D eigenvalue weighted by molar-refractivity contribution is 6.30. The SMILES string of the molecule is Cc1cc(N2CCCCC2C(=O)O)nc(-c2cccc(Cl)c2)n1. The molecule has 2 heterocycles. The summed E-state index contributed by atoms with van der Waals surface area (Å²) in [6.45, 7) is 2.58. The van der Waals surface area contributed by atoms with Gasteiger partial charge in [-0.25, -0.2) is 14.8 Å². The van der Waals surface area contributed by atoms with E-state index in [2.05, 4.69) is 9.97 Å². The van der Waals surface area contributed by atoms with Gasteiger partial charge < -0.3 is 10.0 Å². The number of rotatable bonds is 3. The number of hydrogen-bond acceptors (Lipinski definition) is 4. The number of hydrogen-bond donors (Lipinski definition) is 1. The summed E-state index contributed by atoms with van der Waals surface area (Å²) in [4.78, 5) is 22.4. The van der Waals surface area contributed by atoms with Gasteiger partial charge in [-0.05, 0) is 38.3 Å². The second-order valence-electron chi connectivity index (χ2n) is 5.74. The summed E-state index contributed by atoms with van der Waals surface area (Å²) < 4.78 is 0. The van der Waals surface area contributed by atoms with Crippen molar-refractivity contribution in [1.82, 2.24) is 9.97 Å². The van der Waals surface area contributed by atoms with Crippen molar-refractivity contribution in [2.75, 3.05) is 11.4 Å². The molecule has 1 N–H and O–H groups in total. The molecular formula is C17H18ClN3O2. The smallest absolute Gasteiger partial charge is 0.326 e. The van der Waals surface area contributed by atoms with Gasteiger partial charge in [-0.1, -0.05) is 23.7 Å². The van der Waals surface area contributed by atoms with Crippen LogP contribution in [0.4, 0.5) is 5.82 Å². The van der Waals surface area contributed by atoms with Crippen LogP contribution in [0.3, 0.4) is 0 Å². The van der Waals surface area contributed by atoms with Crippen LogP contribution in [0.2, 0.25) is 5.02 Å². The fraction of sp³-hybridized carbons (Fsp3) is 0.353. The Hall–Kier alpha value is -2.14. The Morgan fingerprint density at radius 3 is 2.87 bits per heavy atom. The van der Waals surface area contributed by atoms with Crippen molar-refractivity contribution in [1.29, 1.82) is 0 Å². The predicted molar refractivity (Wildman–Crippen MR) is 89.8 cm³/mol. The van der Waals surface area contributed by atoms with Crippen molar-refractivity contribution >= 4 is 23.4 Å². The standard InChI is InChI=1S/C17H18ClN3O2/c1-11-9-15(21-8-3-2-7-14(21)17(22)23)20-16(19-11)12-5-4-6-13(18)10-12/h4-6,9-10,14H,2-3,7-8H2,1H3,(H,22,23). The number of benzene rings is 1. The van der Waals surface area contributed by atoms with E-state index >= 15 is 0 Å². The van der Waals surface area contributed by atoms with Crippen molar-refractivity contribution in [3.8, 4) is 11.4 Å². The number of aryl methyl sites for hydroxylation is 1. The molecule has 5 nitrogen and oxygen atoms in total. The lowest BCUT2D eigenvalue weighted by Gasteiger charge is -2.34. The van der Waals surface area contributed by atoms with Crippen molar-refractivity contribution in [3.05, 3.63) is 41.0 Å². The monoisotopic (exact) mass is 331 g/mol. The lowest BCUT2D eigenvalue weighted by atomic mass is 10.0. The number of carboxylic acid groups (broad SMARTS) is 1. The number of carbonyl (C=O) groups is 1. The van der Waals surface area contributed by atoms with Gasteiger partial charge in [0.25, 0.3) is 0 Å². The normalized spacial score (nSPS) is 18.0. The van der Waals surface area contributed by atoms with Gasteiger partial charge in [-0.15, -0.1) is 0 Å². The number of aliphatic carboxylic acids is 1. The van der Waals surface area contributed by atoms with E-state index in [1.807, 2.05) is 36.1 Å². The molecule has 0 radical (unpaired) electrons. The number of halogens is 1. The third-order valence-corrected chi connectivity index (χ3v) is 4.24. The van der Waals surface area contributed by atoms with E-state index in [1.54, 1.807) is 6.07 Å². The Kier molecular flexibility index (Phi) is 4.48. The second kappa shape index (κ2) is 6.54. The summed E-state index contributed by atoms with van der Waals surface area (Å²) in [6, 6.07) is 8.68. The molecule has 0 aliphatic carbocycles. The lowest BCUT2D eigenvalue weighted by molar-refractivity contribution is -0.139. The van der Waals surface area contributed by atoms with Gasteiger partial charge in [0, 0.05) is 28.9 Å². The number of aromatic nitrogens is 2. The average molecular weight is 332 g/mol. The zero-order valence-corrected chi connectivity index (χ0v) is 13.6. The fourth-order valence-corrected chi connectivity index (χ4v) is 3.11. The largest absolute Gasteiger partial charge is 0.480 e. The van der Waals surface area contributed by atoms with Gasteiger partial charge in [-0.3, -0.25) is 0 Å². The molecule has 0 amide bonds. The van der Waals surface area contributed by atoms with Gasteiger partial charge in [-0.2, -0.15) is 0 Å². The van der Waals surface area contributed by atoms with Crippen LogP contribution in [0, 0.1) is 6.92 Å². The Balaban J connectivity index is 2.01. The predicted octanol–water partition coefficient (Wildman–Crippen LogP) is 3.55. The summed E-state index contributed by atoms with van der Waals surface area (Å²) in [7, 11) is 0. The topological polar surface area (TPSA) is 66.3 Å². The third-order valence-electron chi connectivity index (χ3n) is 4.01. The Morgan fingerprint density at radius 1 is 1.30 bits per heavy atom. The minimum atomic E-state index is -0.801. The first-order valence-corrected chi connectivity index (χ1v) is 8.03. The first-order chi connectivity index (χ1) is 11.0. The summed E-state index contributed by atoms with van der Waals surface area (Å²) in [5.41, 5.74) is 1.63. The molecule has 1 saturated heterocycles. The van der Waals surface area contributed by atoms with E-state index in [1.165, 1.54) is 0 Å². The van der Waals surface area contributed by atoms with Crippen molar-refractivity contribution < 1.29 is 9.90 Å². The molecule has 1 fully saturated rings. The highest BCUT2D eigenvalue weighted by atomic mass is 35.5. The van der Waals surface area contributed by atoms with Crippen LogP contribution < -0.4 is 4.90 Å². The number of piperidine rings is 1. The summed E-state index contributed by atoms with van der Waals surface area (Å²) in [6.07, 6.45) is 2.54. The van der Waals surface area contributed by atoms with Gasteiger partial charge >= 0.3 is 5.97 Å². The summed E-state index contributed by atoms with van der Waals surface area (Å²) >= 11 is 6.04. The lowest BCUT2D eigenvalue weighted by Crippen LogP contribution is -2.45. The van der Waals surface area contributed by atoms with Crippen molar-refractivity contribution in [3.63, 3.8) is 0 Å². The molecule has 1 unspecified atom stereocenters. The van der Waals surface area contributed by atoms with Gasteiger partial charge in [0.15, 0.2) is 5.82 Å². The Bertz CT molecular complexity index is 736. The quantitative estimate of drug-likeness (QED) is 0.931. The first kappa shape index (κ1) is 15.7. The van der Waals surface area contributed by atoms with Crippen LogP contribution in [0.15, 0.2) is 30.3 Å². The molecule has 1 atom stereocenters. The van der Waals surface area contributed by atoms with E-state index < -0.39 is 12.0 Å². The maximum atomic E-state index is 11.5. The van der Waals surface area contributed by atoms with Crippen LogP contribution in [0.5, 0.6) is 0 Å².